The van der Waals surface area contributed by atoms with Crippen LogP contribution in [-0.2, 0) is 6.54 Å². The number of nitrogens with zero attached hydrogens (tertiary/aromatic N) is 3. The molecular weight excluding hydrogens is 416 g/mol. The molecule has 0 saturated carbocycles. The average Bonchev–Trinajstić information content (AvgIpc) is 3.41. The van der Waals surface area contributed by atoms with Gasteiger partial charge in [-0.1, -0.05) is 17.7 Å². The molecular formula is C26H28N4OS. The lowest BCUT2D eigenvalue weighted by Gasteiger charge is -2.37. The number of nitrogens with one attached hydrogen (secondary N) is 1. The molecule has 3 aromatic rings. The number of rotatable bonds is 6. The molecule has 2 bridgehead atoms. The molecule has 5 rings (SSSR count). The summed E-state index contributed by atoms with van der Waals surface area (Å²) in [6.45, 7) is 3.61. The highest BCUT2D eigenvalue weighted by Gasteiger charge is 2.39. The van der Waals surface area contributed by atoms with Crippen molar-refractivity contribution in [2.45, 2.75) is 51.2 Å². The lowest BCUT2D eigenvalue weighted by molar-refractivity contribution is 0.0956. The minimum absolute atomic E-state index is 0.0347. The molecule has 32 heavy (non-hydrogen) atoms. The van der Waals surface area contributed by atoms with Gasteiger partial charge < -0.3 is 5.32 Å². The van der Waals surface area contributed by atoms with Gasteiger partial charge in [0.05, 0.1) is 11.9 Å². The summed E-state index contributed by atoms with van der Waals surface area (Å²) in [4.78, 5) is 23.9. The molecule has 2 saturated heterocycles. The van der Waals surface area contributed by atoms with E-state index >= 15 is 0 Å². The van der Waals surface area contributed by atoms with E-state index in [0.717, 1.165) is 30.6 Å². The summed E-state index contributed by atoms with van der Waals surface area (Å²) in [5.74, 6) is -0.0347. The van der Waals surface area contributed by atoms with Crippen LogP contribution in [-0.4, -0.2) is 39.4 Å². The van der Waals surface area contributed by atoms with Crippen LogP contribution in [0.4, 0.5) is 0 Å². The van der Waals surface area contributed by atoms with Crippen molar-refractivity contribution in [2.75, 3.05) is 6.54 Å². The lowest BCUT2D eigenvalue weighted by atomic mass is 9.87. The Morgan fingerprint density at radius 3 is 2.47 bits per heavy atom. The maximum atomic E-state index is 12.2. The molecule has 0 aliphatic carbocycles. The Hall–Kier alpha value is -2.83. The first-order valence-corrected chi connectivity index (χ1v) is 12.3. The largest absolute Gasteiger partial charge is 0.352 e. The zero-order chi connectivity index (χ0) is 21.9. The number of carbonyl (C=O) groups is 1. The molecule has 5 nitrogen and oxygen atoms in total. The SMILES string of the molecule is CCNC(=O)c1ccc(C(=C2CC3CCC(C2)N3Cc2ccsc2)c2cnccn2)cc1. The summed E-state index contributed by atoms with van der Waals surface area (Å²) in [6, 6.07) is 11.3. The van der Waals surface area contributed by atoms with Crippen molar-refractivity contribution >= 4 is 22.8 Å². The zero-order valence-electron chi connectivity index (χ0n) is 18.3. The van der Waals surface area contributed by atoms with E-state index in [1.54, 1.807) is 23.7 Å². The van der Waals surface area contributed by atoms with Crippen LogP contribution in [0.15, 0.2) is 65.3 Å². The number of hydrogen-bond acceptors (Lipinski definition) is 5. The predicted molar refractivity (Wildman–Crippen MR) is 128 cm³/mol. The molecule has 2 aliphatic rings. The quantitative estimate of drug-likeness (QED) is 0.587. The molecule has 1 N–H and O–H groups in total. The molecule has 2 aromatic heterocycles. The standard InChI is InChI=1S/C26H28N4OS/c1-2-28-26(31)20-5-3-19(4-6-20)25(24-15-27-10-11-29-24)21-13-22-7-8-23(14-21)30(22)16-18-9-12-32-17-18/h3-6,9-12,15,17,22-23H,2,7-8,13-14,16H2,1H3,(H,28,31). The zero-order valence-corrected chi connectivity index (χ0v) is 19.1. The van der Waals surface area contributed by atoms with Crippen LogP contribution < -0.4 is 5.32 Å². The van der Waals surface area contributed by atoms with Crippen molar-refractivity contribution in [3.8, 4) is 0 Å². The van der Waals surface area contributed by atoms with Gasteiger partial charge in [-0.3, -0.25) is 19.7 Å². The summed E-state index contributed by atoms with van der Waals surface area (Å²) in [6.07, 6.45) is 9.97. The Morgan fingerprint density at radius 1 is 1.09 bits per heavy atom. The highest BCUT2D eigenvalue weighted by molar-refractivity contribution is 7.07. The molecule has 2 aliphatic heterocycles. The van der Waals surface area contributed by atoms with E-state index in [0.29, 0.717) is 24.2 Å². The number of piperidine rings is 1. The Labute approximate surface area is 193 Å². The minimum Gasteiger partial charge on any atom is -0.352 e. The molecule has 4 heterocycles. The minimum atomic E-state index is -0.0347. The highest BCUT2D eigenvalue weighted by atomic mass is 32.1. The average molecular weight is 445 g/mol. The van der Waals surface area contributed by atoms with Crippen LogP contribution in [0.25, 0.3) is 5.57 Å². The van der Waals surface area contributed by atoms with Gasteiger partial charge in [-0.15, -0.1) is 0 Å². The summed E-state index contributed by atoms with van der Waals surface area (Å²) >= 11 is 1.78. The summed E-state index contributed by atoms with van der Waals surface area (Å²) in [7, 11) is 0. The van der Waals surface area contributed by atoms with Gasteiger partial charge in [-0.05, 0) is 72.7 Å². The maximum absolute atomic E-state index is 12.2. The molecule has 0 radical (unpaired) electrons. The van der Waals surface area contributed by atoms with E-state index in [4.69, 9.17) is 0 Å². The van der Waals surface area contributed by atoms with Crippen LogP contribution in [0.5, 0.6) is 0 Å². The number of hydrogen-bond donors (Lipinski definition) is 1. The van der Waals surface area contributed by atoms with Gasteiger partial charge in [-0.2, -0.15) is 11.3 Å². The van der Waals surface area contributed by atoms with Crippen molar-refractivity contribution in [1.82, 2.24) is 20.2 Å². The predicted octanol–water partition coefficient (Wildman–Crippen LogP) is 4.92. The molecule has 2 unspecified atom stereocenters. The van der Waals surface area contributed by atoms with Gasteiger partial charge in [0, 0.05) is 48.7 Å². The first-order chi connectivity index (χ1) is 15.7. The fourth-order valence-corrected chi connectivity index (χ4v) is 5.83. The Balaban J connectivity index is 1.47. The van der Waals surface area contributed by atoms with Gasteiger partial charge >= 0.3 is 0 Å². The van der Waals surface area contributed by atoms with Crippen LogP contribution in [0, 0.1) is 0 Å². The summed E-state index contributed by atoms with van der Waals surface area (Å²) < 4.78 is 0. The van der Waals surface area contributed by atoms with Gasteiger partial charge in [0.25, 0.3) is 5.91 Å². The monoisotopic (exact) mass is 444 g/mol. The molecule has 2 fully saturated rings. The number of thiophene rings is 1. The Bertz CT molecular complexity index is 1080. The number of fused-ring (bicyclic) bond motifs is 2. The maximum Gasteiger partial charge on any atom is 0.251 e. The van der Waals surface area contributed by atoms with Gasteiger partial charge in [0.1, 0.15) is 0 Å². The first-order valence-electron chi connectivity index (χ1n) is 11.4. The lowest BCUT2D eigenvalue weighted by Crippen LogP contribution is -2.40. The summed E-state index contributed by atoms with van der Waals surface area (Å²) in [5, 5.41) is 7.31. The third kappa shape index (κ3) is 4.25. The number of amides is 1. The molecule has 1 aromatic carbocycles. The molecule has 164 valence electrons. The van der Waals surface area contributed by atoms with Crippen LogP contribution in [0.2, 0.25) is 0 Å². The van der Waals surface area contributed by atoms with Crippen molar-refractivity contribution in [3.63, 3.8) is 0 Å². The second kappa shape index (κ2) is 9.35. The molecule has 1 amide bonds. The van der Waals surface area contributed by atoms with Crippen LogP contribution in [0.3, 0.4) is 0 Å². The fourth-order valence-electron chi connectivity index (χ4n) is 5.17. The number of carbonyl (C=O) groups excluding carboxylic acids is 1. The Morgan fingerprint density at radius 2 is 1.84 bits per heavy atom. The van der Waals surface area contributed by atoms with E-state index in [1.807, 2.05) is 25.3 Å². The summed E-state index contributed by atoms with van der Waals surface area (Å²) in [5.41, 5.74) is 6.79. The van der Waals surface area contributed by atoms with Crippen molar-refractivity contribution in [3.05, 3.63) is 87.6 Å². The van der Waals surface area contributed by atoms with Gasteiger partial charge in [-0.25, -0.2) is 0 Å². The second-order valence-corrected chi connectivity index (χ2v) is 9.38. The van der Waals surface area contributed by atoms with Crippen molar-refractivity contribution in [1.29, 1.82) is 0 Å². The van der Waals surface area contributed by atoms with E-state index < -0.39 is 0 Å². The van der Waals surface area contributed by atoms with E-state index in [2.05, 4.69) is 49.1 Å². The van der Waals surface area contributed by atoms with Crippen LogP contribution >= 0.6 is 11.3 Å². The highest BCUT2D eigenvalue weighted by Crippen LogP contribution is 2.43. The third-order valence-corrected chi connectivity index (χ3v) is 7.36. The number of benzene rings is 1. The molecule has 0 spiro atoms. The first kappa shape index (κ1) is 21.0. The smallest absolute Gasteiger partial charge is 0.251 e. The Kier molecular flexibility index (Phi) is 6.14. The fraction of sp³-hybridized carbons (Fsp3) is 0.346. The van der Waals surface area contributed by atoms with Gasteiger partial charge in [0.2, 0.25) is 0 Å². The van der Waals surface area contributed by atoms with E-state index in [1.165, 1.54) is 29.6 Å². The normalized spacial score (nSPS) is 20.3. The van der Waals surface area contributed by atoms with Crippen molar-refractivity contribution in [2.24, 2.45) is 0 Å². The topological polar surface area (TPSA) is 58.1 Å². The van der Waals surface area contributed by atoms with Crippen molar-refractivity contribution < 1.29 is 4.79 Å². The van der Waals surface area contributed by atoms with E-state index in [-0.39, 0.29) is 5.91 Å². The third-order valence-electron chi connectivity index (χ3n) is 6.63. The second-order valence-electron chi connectivity index (χ2n) is 8.60. The number of aromatic nitrogens is 2. The molecule has 2 atom stereocenters. The van der Waals surface area contributed by atoms with Gasteiger partial charge in [0.15, 0.2) is 0 Å². The van der Waals surface area contributed by atoms with E-state index in [9.17, 15) is 4.79 Å². The molecule has 6 heteroatoms. The van der Waals surface area contributed by atoms with Crippen LogP contribution in [0.1, 0.15) is 59.8 Å².